The van der Waals surface area contributed by atoms with Crippen LogP contribution in [0.25, 0.3) is 0 Å². The summed E-state index contributed by atoms with van der Waals surface area (Å²) in [6.07, 6.45) is 4.95. The van der Waals surface area contributed by atoms with Crippen molar-refractivity contribution in [3.05, 3.63) is 30.3 Å². The largest absolute Gasteiger partial charge is 0.373 e. The van der Waals surface area contributed by atoms with Gasteiger partial charge in [0.1, 0.15) is 0 Å². The number of hydrogen-bond acceptors (Lipinski definition) is 3. The lowest BCUT2D eigenvalue weighted by Crippen LogP contribution is -2.55. The second kappa shape index (κ2) is 6.75. The Morgan fingerprint density at radius 1 is 1.25 bits per heavy atom. The molecule has 3 N–H and O–H groups in total. The number of nitrogens with one attached hydrogen (secondary N) is 1. The van der Waals surface area contributed by atoms with Crippen LogP contribution in [0, 0.1) is 0 Å². The van der Waals surface area contributed by atoms with Crippen LogP contribution in [-0.4, -0.2) is 31.6 Å². The highest BCUT2D eigenvalue weighted by Gasteiger charge is 2.34. The van der Waals surface area contributed by atoms with Crippen LogP contribution in [0.3, 0.4) is 0 Å². The second-order valence-electron chi connectivity index (χ2n) is 5.73. The van der Waals surface area contributed by atoms with Gasteiger partial charge in [-0.25, -0.2) is 0 Å². The smallest absolute Gasteiger partial charge is 0.240 e. The van der Waals surface area contributed by atoms with Gasteiger partial charge < -0.3 is 16.0 Å². The minimum absolute atomic E-state index is 0.0126. The van der Waals surface area contributed by atoms with Crippen molar-refractivity contribution < 1.29 is 4.79 Å². The molecule has 0 heterocycles. The fourth-order valence-electron chi connectivity index (χ4n) is 2.73. The molecule has 1 aliphatic rings. The fraction of sp³-hybridized carbons (Fsp3) is 0.562. The Kier molecular flexibility index (Phi) is 5.01. The van der Waals surface area contributed by atoms with E-state index in [2.05, 4.69) is 22.3 Å². The zero-order chi connectivity index (χ0) is 14.4. The molecule has 0 bridgehead atoms. The number of carbonyl (C=O) groups is 1. The number of amides is 1. The first kappa shape index (κ1) is 14.9. The van der Waals surface area contributed by atoms with Crippen molar-refractivity contribution in [3.8, 4) is 0 Å². The third-order valence-electron chi connectivity index (χ3n) is 4.13. The lowest BCUT2D eigenvalue weighted by molar-refractivity contribution is -0.127. The number of para-hydroxylation sites is 1. The highest BCUT2D eigenvalue weighted by atomic mass is 16.2. The Bertz CT molecular complexity index is 427. The minimum atomic E-state index is -0.635. The van der Waals surface area contributed by atoms with E-state index in [0.717, 1.165) is 37.9 Å². The maximum Gasteiger partial charge on any atom is 0.240 e. The van der Waals surface area contributed by atoms with Gasteiger partial charge in [-0.15, -0.1) is 0 Å². The summed E-state index contributed by atoms with van der Waals surface area (Å²) in [5, 5.41) is 2.99. The van der Waals surface area contributed by atoms with Crippen molar-refractivity contribution >= 4 is 11.6 Å². The average Bonchev–Trinajstić information content (AvgIpc) is 2.48. The van der Waals surface area contributed by atoms with Crippen LogP contribution < -0.4 is 16.0 Å². The van der Waals surface area contributed by atoms with Gasteiger partial charge in [0, 0.05) is 25.8 Å². The highest BCUT2D eigenvalue weighted by Crippen LogP contribution is 2.25. The van der Waals surface area contributed by atoms with Crippen molar-refractivity contribution in [3.63, 3.8) is 0 Å². The minimum Gasteiger partial charge on any atom is -0.373 e. The van der Waals surface area contributed by atoms with Gasteiger partial charge in [0.2, 0.25) is 5.91 Å². The third-order valence-corrected chi connectivity index (χ3v) is 4.13. The maximum atomic E-state index is 12.2. The third kappa shape index (κ3) is 3.73. The molecule has 1 aliphatic carbocycles. The average molecular weight is 275 g/mol. The molecular weight excluding hydrogens is 250 g/mol. The van der Waals surface area contributed by atoms with E-state index < -0.39 is 5.54 Å². The van der Waals surface area contributed by atoms with Crippen LogP contribution in [0.15, 0.2) is 30.3 Å². The van der Waals surface area contributed by atoms with Gasteiger partial charge >= 0.3 is 0 Å². The van der Waals surface area contributed by atoms with E-state index in [1.165, 1.54) is 6.42 Å². The van der Waals surface area contributed by atoms with E-state index in [-0.39, 0.29) is 5.91 Å². The summed E-state index contributed by atoms with van der Waals surface area (Å²) in [7, 11) is 2.03. The molecule has 4 heteroatoms. The van der Waals surface area contributed by atoms with Gasteiger partial charge in [-0.2, -0.15) is 0 Å². The van der Waals surface area contributed by atoms with Crippen molar-refractivity contribution in [2.45, 2.75) is 37.6 Å². The van der Waals surface area contributed by atoms with E-state index in [1.807, 2.05) is 25.2 Å². The van der Waals surface area contributed by atoms with E-state index in [9.17, 15) is 4.79 Å². The van der Waals surface area contributed by atoms with Crippen LogP contribution in [-0.2, 0) is 4.79 Å². The topological polar surface area (TPSA) is 58.4 Å². The predicted octanol–water partition coefficient (Wildman–Crippen LogP) is 1.90. The molecule has 20 heavy (non-hydrogen) atoms. The van der Waals surface area contributed by atoms with E-state index in [1.54, 1.807) is 0 Å². The summed E-state index contributed by atoms with van der Waals surface area (Å²) in [6, 6.07) is 10.2. The van der Waals surface area contributed by atoms with Gasteiger partial charge in [-0.05, 0) is 25.0 Å². The lowest BCUT2D eigenvalue weighted by Gasteiger charge is -2.32. The zero-order valence-electron chi connectivity index (χ0n) is 12.3. The van der Waals surface area contributed by atoms with Crippen LogP contribution in [0.4, 0.5) is 5.69 Å². The molecule has 0 aliphatic heterocycles. The molecule has 1 saturated carbocycles. The Morgan fingerprint density at radius 3 is 2.55 bits per heavy atom. The molecule has 0 radical (unpaired) electrons. The molecule has 0 atom stereocenters. The summed E-state index contributed by atoms with van der Waals surface area (Å²) in [5.74, 6) is 0.0126. The number of likely N-dealkylation sites (N-methyl/N-ethyl adjacent to an activating group) is 1. The molecule has 0 saturated heterocycles. The summed E-state index contributed by atoms with van der Waals surface area (Å²) >= 11 is 0. The van der Waals surface area contributed by atoms with E-state index in [0.29, 0.717) is 6.54 Å². The molecular formula is C16H25N3O. The van der Waals surface area contributed by atoms with Gasteiger partial charge in [-0.1, -0.05) is 37.5 Å². The number of anilines is 1. The predicted molar refractivity (Wildman–Crippen MR) is 82.7 cm³/mol. The summed E-state index contributed by atoms with van der Waals surface area (Å²) < 4.78 is 0. The Balaban J connectivity index is 1.76. The molecule has 0 unspecified atom stereocenters. The molecule has 4 nitrogen and oxygen atoms in total. The first-order valence-electron chi connectivity index (χ1n) is 7.45. The normalized spacial score (nSPS) is 17.5. The first-order chi connectivity index (χ1) is 9.62. The van der Waals surface area contributed by atoms with E-state index in [4.69, 9.17) is 5.73 Å². The molecule has 1 amide bonds. The zero-order valence-corrected chi connectivity index (χ0v) is 12.3. The summed E-state index contributed by atoms with van der Waals surface area (Å²) in [6.45, 7) is 1.41. The molecule has 1 aromatic carbocycles. The van der Waals surface area contributed by atoms with Crippen LogP contribution in [0.5, 0.6) is 0 Å². The van der Waals surface area contributed by atoms with E-state index >= 15 is 0 Å². The first-order valence-corrected chi connectivity index (χ1v) is 7.45. The van der Waals surface area contributed by atoms with Crippen molar-refractivity contribution in [1.29, 1.82) is 0 Å². The molecule has 110 valence electrons. The Labute approximate surface area is 121 Å². The molecule has 2 rings (SSSR count). The van der Waals surface area contributed by atoms with Crippen molar-refractivity contribution in [1.82, 2.24) is 5.32 Å². The molecule has 1 fully saturated rings. The Morgan fingerprint density at radius 2 is 1.90 bits per heavy atom. The molecule has 1 aromatic rings. The number of carbonyl (C=O) groups excluding carboxylic acids is 1. The second-order valence-corrected chi connectivity index (χ2v) is 5.73. The highest BCUT2D eigenvalue weighted by molar-refractivity contribution is 5.86. The maximum absolute atomic E-state index is 12.2. The number of nitrogens with zero attached hydrogens (tertiary/aromatic N) is 1. The van der Waals surface area contributed by atoms with Crippen LogP contribution in [0.1, 0.15) is 32.1 Å². The monoisotopic (exact) mass is 275 g/mol. The van der Waals surface area contributed by atoms with Gasteiger partial charge in [0.15, 0.2) is 0 Å². The van der Waals surface area contributed by atoms with Crippen LogP contribution in [0.2, 0.25) is 0 Å². The SMILES string of the molecule is CN(CCNC(=O)C1(N)CCCCC1)c1ccccc1. The van der Waals surface area contributed by atoms with Gasteiger partial charge in [-0.3, -0.25) is 4.79 Å². The standard InChI is InChI=1S/C16H25N3O/c1-19(14-8-4-2-5-9-14)13-12-18-15(20)16(17)10-6-3-7-11-16/h2,4-5,8-9H,3,6-7,10-13,17H2,1H3,(H,18,20). The molecule has 0 aromatic heterocycles. The van der Waals surface area contributed by atoms with Crippen molar-refractivity contribution in [2.75, 3.05) is 25.0 Å². The number of hydrogen-bond donors (Lipinski definition) is 2. The quantitative estimate of drug-likeness (QED) is 0.863. The number of benzene rings is 1. The summed E-state index contributed by atoms with van der Waals surface area (Å²) in [5.41, 5.74) is 6.72. The number of nitrogens with two attached hydrogens (primary N) is 1. The number of rotatable bonds is 5. The summed E-state index contributed by atoms with van der Waals surface area (Å²) in [4.78, 5) is 14.3. The molecule has 0 spiro atoms. The van der Waals surface area contributed by atoms with Gasteiger partial charge in [0.25, 0.3) is 0 Å². The van der Waals surface area contributed by atoms with Crippen molar-refractivity contribution in [2.24, 2.45) is 5.73 Å². The fourth-order valence-corrected chi connectivity index (χ4v) is 2.73. The van der Waals surface area contributed by atoms with Gasteiger partial charge in [0.05, 0.1) is 5.54 Å². The van der Waals surface area contributed by atoms with Crippen LogP contribution >= 0.6 is 0 Å². The Hall–Kier alpha value is -1.55. The lowest BCUT2D eigenvalue weighted by atomic mass is 9.82.